The minimum absolute atomic E-state index is 0.0854. The third kappa shape index (κ3) is 3.77. The molecule has 1 aromatic carbocycles. The molecule has 164 valence electrons. The van der Waals surface area contributed by atoms with Gasteiger partial charge in [-0.15, -0.1) is 5.10 Å². The highest BCUT2D eigenvalue weighted by Gasteiger charge is 2.36. The van der Waals surface area contributed by atoms with Crippen molar-refractivity contribution in [1.29, 1.82) is 0 Å². The number of rotatable bonds is 7. The van der Waals surface area contributed by atoms with Crippen LogP contribution in [0.1, 0.15) is 37.3 Å². The number of nitrogens with one attached hydrogen (secondary N) is 1. The number of hydrazone groups is 1. The summed E-state index contributed by atoms with van der Waals surface area (Å²) in [5.41, 5.74) is 1.18. The SMILES string of the molecule is CCCn1c(SCC(=O)N2N=C(c3cc4ccccc4o3)C[C@@H]2c2ccco2)n[nH]c1=O. The number of H-pyrrole nitrogens is 1. The zero-order valence-electron chi connectivity index (χ0n) is 17.4. The fourth-order valence-electron chi connectivity index (χ4n) is 3.74. The lowest BCUT2D eigenvalue weighted by atomic mass is 10.1. The van der Waals surface area contributed by atoms with Gasteiger partial charge in [-0.05, 0) is 30.7 Å². The summed E-state index contributed by atoms with van der Waals surface area (Å²) in [6.45, 7) is 2.52. The normalized spacial score (nSPS) is 16.1. The van der Waals surface area contributed by atoms with Gasteiger partial charge in [0.2, 0.25) is 0 Å². The summed E-state index contributed by atoms with van der Waals surface area (Å²) in [5, 5.41) is 14.0. The third-order valence-corrected chi connectivity index (χ3v) is 6.20. The zero-order chi connectivity index (χ0) is 22.1. The van der Waals surface area contributed by atoms with Crippen LogP contribution in [0.2, 0.25) is 0 Å². The number of carbonyl (C=O) groups is 1. The highest BCUT2D eigenvalue weighted by molar-refractivity contribution is 7.99. The summed E-state index contributed by atoms with van der Waals surface area (Å²) in [5.74, 6) is 1.17. The van der Waals surface area contributed by atoms with Gasteiger partial charge in [0.25, 0.3) is 5.91 Å². The molecule has 5 rings (SSSR count). The van der Waals surface area contributed by atoms with Crippen molar-refractivity contribution >= 4 is 34.3 Å². The number of para-hydroxylation sites is 1. The maximum atomic E-state index is 13.1. The summed E-state index contributed by atoms with van der Waals surface area (Å²) in [7, 11) is 0. The van der Waals surface area contributed by atoms with Gasteiger partial charge in [-0.1, -0.05) is 36.9 Å². The van der Waals surface area contributed by atoms with Crippen molar-refractivity contribution in [3.05, 3.63) is 70.7 Å². The predicted molar refractivity (Wildman–Crippen MR) is 120 cm³/mol. The fraction of sp³-hybridized carbons (Fsp3) is 0.273. The second kappa shape index (κ2) is 8.54. The van der Waals surface area contributed by atoms with Crippen molar-refractivity contribution in [1.82, 2.24) is 19.8 Å². The van der Waals surface area contributed by atoms with Gasteiger partial charge in [0, 0.05) is 18.4 Å². The van der Waals surface area contributed by atoms with Crippen molar-refractivity contribution < 1.29 is 13.6 Å². The smallest absolute Gasteiger partial charge is 0.343 e. The topological polar surface area (TPSA) is 110 Å². The second-order valence-corrected chi connectivity index (χ2v) is 8.36. The Morgan fingerprint density at radius 1 is 1.28 bits per heavy atom. The summed E-state index contributed by atoms with van der Waals surface area (Å²) in [6.07, 6.45) is 2.85. The number of hydrogen-bond acceptors (Lipinski definition) is 7. The number of carbonyl (C=O) groups excluding carboxylic acids is 1. The lowest BCUT2D eigenvalue weighted by molar-refractivity contribution is -0.130. The summed E-state index contributed by atoms with van der Waals surface area (Å²) >= 11 is 1.21. The number of thioether (sulfide) groups is 1. The van der Waals surface area contributed by atoms with Gasteiger partial charge in [-0.2, -0.15) is 5.10 Å². The lowest BCUT2D eigenvalue weighted by Crippen LogP contribution is -2.28. The van der Waals surface area contributed by atoms with Crippen molar-refractivity contribution in [3.63, 3.8) is 0 Å². The number of benzene rings is 1. The molecule has 1 atom stereocenters. The molecule has 0 saturated carbocycles. The highest BCUT2D eigenvalue weighted by Crippen LogP contribution is 2.35. The Hall–Kier alpha value is -3.53. The van der Waals surface area contributed by atoms with Gasteiger partial charge < -0.3 is 8.83 Å². The Morgan fingerprint density at radius 2 is 2.16 bits per heavy atom. The van der Waals surface area contributed by atoms with Crippen molar-refractivity contribution in [3.8, 4) is 0 Å². The molecule has 32 heavy (non-hydrogen) atoms. The van der Waals surface area contributed by atoms with E-state index in [2.05, 4.69) is 15.3 Å². The van der Waals surface area contributed by atoms with E-state index in [0.717, 1.165) is 17.4 Å². The molecular formula is C22H21N5O4S. The number of aromatic nitrogens is 3. The van der Waals surface area contributed by atoms with E-state index >= 15 is 0 Å². The van der Waals surface area contributed by atoms with Crippen molar-refractivity contribution in [2.45, 2.75) is 37.5 Å². The van der Waals surface area contributed by atoms with E-state index in [1.54, 1.807) is 12.3 Å². The molecule has 9 nitrogen and oxygen atoms in total. The standard InChI is InChI=1S/C22H21N5O4S/c1-2-9-26-21(29)23-24-22(26)32-13-20(28)27-16(18-8-5-10-30-18)12-15(25-27)19-11-14-6-3-4-7-17(14)31-19/h3-8,10-11,16H,2,9,12-13H2,1H3,(H,23,29)/t16-/m1/s1. The molecule has 1 N–H and O–H groups in total. The molecule has 3 aromatic heterocycles. The number of hydrogen-bond donors (Lipinski definition) is 1. The molecular weight excluding hydrogens is 430 g/mol. The fourth-order valence-corrected chi connectivity index (χ4v) is 4.57. The maximum absolute atomic E-state index is 13.1. The van der Waals surface area contributed by atoms with E-state index in [9.17, 15) is 9.59 Å². The molecule has 0 bridgehead atoms. The Labute approximate surface area is 187 Å². The van der Waals surface area contributed by atoms with Gasteiger partial charge in [0.1, 0.15) is 23.1 Å². The van der Waals surface area contributed by atoms with Crippen LogP contribution in [0, 0.1) is 0 Å². The molecule has 1 amide bonds. The molecule has 10 heteroatoms. The van der Waals surface area contributed by atoms with Gasteiger partial charge >= 0.3 is 5.69 Å². The summed E-state index contributed by atoms with van der Waals surface area (Å²) in [6, 6.07) is 12.9. The molecule has 0 spiro atoms. The molecule has 0 saturated heterocycles. The van der Waals surface area contributed by atoms with Crippen LogP contribution in [0.5, 0.6) is 0 Å². The van der Waals surface area contributed by atoms with E-state index in [4.69, 9.17) is 8.83 Å². The first-order chi connectivity index (χ1) is 15.6. The third-order valence-electron chi connectivity index (χ3n) is 5.24. The highest BCUT2D eigenvalue weighted by atomic mass is 32.2. The van der Waals surface area contributed by atoms with Crippen LogP contribution in [-0.2, 0) is 11.3 Å². The van der Waals surface area contributed by atoms with Crippen LogP contribution in [0.15, 0.2) is 72.6 Å². The molecule has 1 aliphatic rings. The van der Waals surface area contributed by atoms with Gasteiger partial charge in [0.15, 0.2) is 10.9 Å². The minimum Gasteiger partial charge on any atom is -0.467 e. The van der Waals surface area contributed by atoms with E-state index in [0.29, 0.717) is 35.4 Å². The second-order valence-electron chi connectivity index (χ2n) is 7.42. The first kappa shape index (κ1) is 20.4. The number of amides is 1. The monoisotopic (exact) mass is 451 g/mol. The predicted octanol–water partition coefficient (Wildman–Crippen LogP) is 3.79. The van der Waals surface area contributed by atoms with Crippen LogP contribution in [0.4, 0.5) is 0 Å². The summed E-state index contributed by atoms with van der Waals surface area (Å²) in [4.78, 5) is 25.1. The van der Waals surface area contributed by atoms with Crippen LogP contribution in [-0.4, -0.2) is 37.1 Å². The van der Waals surface area contributed by atoms with Gasteiger partial charge in [-0.25, -0.2) is 14.9 Å². The first-order valence-corrected chi connectivity index (χ1v) is 11.3. The van der Waals surface area contributed by atoms with E-state index in [1.165, 1.54) is 21.3 Å². The first-order valence-electron chi connectivity index (χ1n) is 10.3. The molecule has 4 aromatic rings. The number of aromatic amines is 1. The Bertz CT molecular complexity index is 1300. The van der Waals surface area contributed by atoms with E-state index in [1.807, 2.05) is 43.3 Å². The van der Waals surface area contributed by atoms with E-state index < -0.39 is 0 Å². The van der Waals surface area contributed by atoms with Crippen LogP contribution in [0.3, 0.4) is 0 Å². The molecule has 0 fully saturated rings. The molecule has 4 heterocycles. The summed E-state index contributed by atoms with van der Waals surface area (Å²) < 4.78 is 13.1. The van der Waals surface area contributed by atoms with Crippen molar-refractivity contribution in [2.24, 2.45) is 5.10 Å². The van der Waals surface area contributed by atoms with Crippen LogP contribution >= 0.6 is 11.8 Å². The lowest BCUT2D eigenvalue weighted by Gasteiger charge is -2.19. The zero-order valence-corrected chi connectivity index (χ0v) is 18.2. The van der Waals surface area contributed by atoms with Crippen molar-refractivity contribution in [2.75, 3.05) is 5.75 Å². The minimum atomic E-state index is -0.363. The van der Waals surface area contributed by atoms with Crippen LogP contribution in [0.25, 0.3) is 11.0 Å². The number of fused-ring (bicyclic) bond motifs is 1. The largest absolute Gasteiger partial charge is 0.467 e. The Kier molecular flexibility index (Phi) is 5.44. The molecule has 0 radical (unpaired) electrons. The van der Waals surface area contributed by atoms with E-state index in [-0.39, 0.29) is 23.4 Å². The Morgan fingerprint density at radius 3 is 2.94 bits per heavy atom. The molecule has 0 aliphatic carbocycles. The maximum Gasteiger partial charge on any atom is 0.343 e. The quantitative estimate of drug-likeness (QED) is 0.428. The van der Waals surface area contributed by atoms with Gasteiger partial charge in [-0.3, -0.25) is 9.36 Å². The molecule has 0 unspecified atom stereocenters. The Balaban J connectivity index is 1.40. The molecule has 1 aliphatic heterocycles. The number of furan rings is 2. The average molecular weight is 452 g/mol. The van der Waals surface area contributed by atoms with Crippen LogP contribution < -0.4 is 5.69 Å². The number of nitrogens with zero attached hydrogens (tertiary/aromatic N) is 4. The van der Waals surface area contributed by atoms with Gasteiger partial charge in [0.05, 0.1) is 12.0 Å². The average Bonchev–Trinajstić information content (AvgIpc) is 3.58.